The number of hydrogen-bond donors (Lipinski definition) is 3. The predicted molar refractivity (Wildman–Crippen MR) is 96.5 cm³/mol. The number of ether oxygens (including phenoxy) is 1. The van der Waals surface area contributed by atoms with Gasteiger partial charge in [-0.3, -0.25) is 10.2 Å². The number of amides is 3. The van der Waals surface area contributed by atoms with Crippen molar-refractivity contribution in [1.82, 2.24) is 21.1 Å². The molecule has 1 aromatic carbocycles. The van der Waals surface area contributed by atoms with Gasteiger partial charge in [-0.25, -0.2) is 4.79 Å². The van der Waals surface area contributed by atoms with Gasteiger partial charge in [0.2, 0.25) is 0 Å². The van der Waals surface area contributed by atoms with Gasteiger partial charge in [-0.1, -0.05) is 37.3 Å². The zero-order valence-corrected chi connectivity index (χ0v) is 14.9. The lowest BCUT2D eigenvalue weighted by atomic mass is 9.87. The molecular formula is C17H22N4O3S. The molecule has 2 aliphatic heterocycles. The van der Waals surface area contributed by atoms with Crippen molar-refractivity contribution in [2.24, 2.45) is 0 Å². The van der Waals surface area contributed by atoms with Gasteiger partial charge in [-0.2, -0.15) is 5.01 Å². The highest BCUT2D eigenvalue weighted by Crippen LogP contribution is 2.31. The van der Waals surface area contributed by atoms with E-state index >= 15 is 0 Å². The van der Waals surface area contributed by atoms with Gasteiger partial charge in [0.1, 0.15) is 5.54 Å². The molecular weight excluding hydrogens is 340 g/mol. The number of hydrazine groups is 1. The molecule has 1 aromatic rings. The van der Waals surface area contributed by atoms with Gasteiger partial charge in [-0.05, 0) is 37.0 Å². The summed E-state index contributed by atoms with van der Waals surface area (Å²) in [6.07, 6.45) is 2.57. The molecule has 0 aliphatic carbocycles. The van der Waals surface area contributed by atoms with Crippen molar-refractivity contribution in [2.75, 3.05) is 13.2 Å². The molecule has 0 saturated carbocycles. The number of nitrogens with zero attached hydrogens (tertiary/aromatic N) is 1. The van der Waals surface area contributed by atoms with Gasteiger partial charge >= 0.3 is 6.03 Å². The van der Waals surface area contributed by atoms with E-state index in [0.29, 0.717) is 13.0 Å². The Kier molecular flexibility index (Phi) is 5.19. The van der Waals surface area contributed by atoms with E-state index in [1.807, 2.05) is 37.3 Å². The number of carbonyl (C=O) groups is 2. The average Bonchev–Trinajstić information content (AvgIpc) is 3.23. The van der Waals surface area contributed by atoms with Crippen LogP contribution in [0.15, 0.2) is 30.3 Å². The number of thiocarbonyl (C=S) groups is 1. The Balaban J connectivity index is 1.67. The lowest BCUT2D eigenvalue weighted by molar-refractivity contribution is -0.133. The summed E-state index contributed by atoms with van der Waals surface area (Å²) in [6.45, 7) is 3.17. The first-order chi connectivity index (χ1) is 12.1. The third-order valence-corrected chi connectivity index (χ3v) is 4.85. The third-order valence-electron chi connectivity index (χ3n) is 4.62. The first-order valence-corrected chi connectivity index (χ1v) is 8.86. The van der Waals surface area contributed by atoms with Crippen molar-refractivity contribution in [3.8, 4) is 0 Å². The summed E-state index contributed by atoms with van der Waals surface area (Å²) >= 11 is 5.21. The van der Waals surface area contributed by atoms with Crippen molar-refractivity contribution >= 4 is 29.3 Å². The highest BCUT2D eigenvalue weighted by Gasteiger charge is 2.51. The second kappa shape index (κ2) is 7.37. The second-order valence-electron chi connectivity index (χ2n) is 6.15. The minimum absolute atomic E-state index is 0.113. The van der Waals surface area contributed by atoms with Gasteiger partial charge in [0.25, 0.3) is 5.91 Å². The first-order valence-electron chi connectivity index (χ1n) is 8.45. The monoisotopic (exact) mass is 362 g/mol. The minimum atomic E-state index is -1.07. The molecule has 2 atom stereocenters. The van der Waals surface area contributed by atoms with E-state index in [1.54, 1.807) is 0 Å². The lowest BCUT2D eigenvalue weighted by Crippen LogP contribution is -2.52. The van der Waals surface area contributed by atoms with Crippen LogP contribution in [0.25, 0.3) is 0 Å². The Labute approximate surface area is 152 Å². The largest absolute Gasteiger partial charge is 0.376 e. The molecule has 2 aliphatic rings. The highest BCUT2D eigenvalue weighted by atomic mass is 32.1. The fourth-order valence-corrected chi connectivity index (χ4v) is 3.37. The summed E-state index contributed by atoms with van der Waals surface area (Å²) in [5.41, 5.74) is 2.37. The van der Waals surface area contributed by atoms with Crippen LogP contribution in [-0.2, 0) is 15.1 Å². The van der Waals surface area contributed by atoms with Crippen LogP contribution < -0.4 is 16.1 Å². The Morgan fingerprint density at radius 1 is 1.40 bits per heavy atom. The van der Waals surface area contributed by atoms with Crippen molar-refractivity contribution in [1.29, 1.82) is 0 Å². The highest BCUT2D eigenvalue weighted by molar-refractivity contribution is 7.80. The molecule has 2 saturated heterocycles. The van der Waals surface area contributed by atoms with Crippen LogP contribution in [-0.4, -0.2) is 41.3 Å². The Bertz CT molecular complexity index is 663. The summed E-state index contributed by atoms with van der Waals surface area (Å²) in [4.78, 5) is 25.3. The number of hydrogen-bond acceptors (Lipinski definition) is 4. The van der Waals surface area contributed by atoms with Crippen molar-refractivity contribution < 1.29 is 14.3 Å². The molecule has 0 radical (unpaired) electrons. The maximum atomic E-state index is 12.9. The van der Waals surface area contributed by atoms with E-state index in [-0.39, 0.29) is 17.1 Å². The van der Waals surface area contributed by atoms with E-state index in [4.69, 9.17) is 17.0 Å². The van der Waals surface area contributed by atoms with Crippen LogP contribution in [0.1, 0.15) is 31.7 Å². The Morgan fingerprint density at radius 3 is 2.80 bits per heavy atom. The molecule has 2 heterocycles. The molecule has 8 heteroatoms. The second-order valence-corrected chi connectivity index (χ2v) is 6.56. The molecule has 0 aromatic heterocycles. The maximum Gasteiger partial charge on any atom is 0.344 e. The van der Waals surface area contributed by atoms with Crippen LogP contribution >= 0.6 is 12.2 Å². The van der Waals surface area contributed by atoms with Crippen molar-refractivity contribution in [3.05, 3.63) is 35.9 Å². The fourth-order valence-electron chi connectivity index (χ4n) is 3.19. The molecule has 7 nitrogen and oxygen atoms in total. The topological polar surface area (TPSA) is 82.7 Å². The van der Waals surface area contributed by atoms with Crippen LogP contribution in [0.5, 0.6) is 0 Å². The Morgan fingerprint density at radius 2 is 2.16 bits per heavy atom. The van der Waals surface area contributed by atoms with E-state index in [2.05, 4.69) is 16.1 Å². The number of urea groups is 1. The predicted octanol–water partition coefficient (Wildman–Crippen LogP) is 1.40. The number of nitrogens with one attached hydrogen (secondary N) is 3. The van der Waals surface area contributed by atoms with Crippen molar-refractivity contribution in [3.63, 3.8) is 0 Å². The summed E-state index contributed by atoms with van der Waals surface area (Å²) < 4.78 is 5.51. The summed E-state index contributed by atoms with van der Waals surface area (Å²) in [7, 11) is 0. The molecule has 0 bridgehead atoms. The van der Waals surface area contributed by atoms with Crippen LogP contribution in [0.4, 0.5) is 4.79 Å². The number of carbonyl (C=O) groups excluding carboxylic acids is 2. The van der Waals surface area contributed by atoms with Gasteiger partial charge < -0.3 is 15.4 Å². The first kappa shape index (κ1) is 17.6. The SMILES string of the molecule is CC[C@]1(c2ccccc2)NC(=O)N(NC(=S)NC[C@@H]2CCCO2)C1=O. The van der Waals surface area contributed by atoms with Gasteiger partial charge in [-0.15, -0.1) is 0 Å². The molecule has 3 rings (SSSR count). The molecule has 2 fully saturated rings. The Hall–Kier alpha value is -2.19. The van der Waals surface area contributed by atoms with E-state index < -0.39 is 11.6 Å². The van der Waals surface area contributed by atoms with E-state index in [9.17, 15) is 9.59 Å². The molecule has 0 unspecified atom stereocenters. The smallest absolute Gasteiger partial charge is 0.344 e. The zero-order chi connectivity index (χ0) is 17.9. The van der Waals surface area contributed by atoms with Gasteiger partial charge in [0, 0.05) is 13.2 Å². The van der Waals surface area contributed by atoms with Crippen molar-refractivity contribution in [2.45, 2.75) is 37.8 Å². The number of imide groups is 1. The molecule has 134 valence electrons. The van der Waals surface area contributed by atoms with Gasteiger partial charge in [0.05, 0.1) is 6.10 Å². The summed E-state index contributed by atoms with van der Waals surface area (Å²) in [5.74, 6) is -0.368. The van der Waals surface area contributed by atoms with Crippen LogP contribution in [0, 0.1) is 0 Å². The normalized spacial score (nSPS) is 25.8. The fraction of sp³-hybridized carbons (Fsp3) is 0.471. The summed E-state index contributed by atoms with van der Waals surface area (Å²) in [6, 6.07) is 8.70. The molecule has 25 heavy (non-hydrogen) atoms. The van der Waals surface area contributed by atoms with Crippen LogP contribution in [0.3, 0.4) is 0 Å². The molecule has 3 amide bonds. The van der Waals surface area contributed by atoms with Gasteiger partial charge in [0.15, 0.2) is 5.11 Å². The zero-order valence-electron chi connectivity index (χ0n) is 14.1. The van der Waals surface area contributed by atoms with E-state index in [1.165, 1.54) is 0 Å². The lowest BCUT2D eigenvalue weighted by Gasteiger charge is -2.26. The number of rotatable bonds is 5. The van der Waals surface area contributed by atoms with Crippen LogP contribution in [0.2, 0.25) is 0 Å². The molecule has 3 N–H and O–H groups in total. The maximum absolute atomic E-state index is 12.9. The molecule has 0 spiro atoms. The third kappa shape index (κ3) is 3.45. The quantitative estimate of drug-likeness (QED) is 0.543. The number of benzene rings is 1. The standard InChI is InChI=1S/C17H22N4O3S/c1-2-17(12-7-4-3-5-8-12)14(22)21(16(23)19-17)20-15(25)18-11-13-9-6-10-24-13/h3-5,7-8,13H,2,6,9-11H2,1H3,(H,19,23)(H2,18,20,25)/t13-,17+/m0/s1. The minimum Gasteiger partial charge on any atom is -0.376 e. The summed E-state index contributed by atoms with van der Waals surface area (Å²) in [5, 5.41) is 6.96. The average molecular weight is 362 g/mol. The van der Waals surface area contributed by atoms with E-state index in [0.717, 1.165) is 30.0 Å².